The monoisotopic (exact) mass is 283 g/mol. The molecule has 0 spiro atoms. The average Bonchev–Trinajstić information content (AvgIpc) is 2.41. The third-order valence-corrected chi connectivity index (χ3v) is 4.70. The minimum atomic E-state index is -0.693. The summed E-state index contributed by atoms with van der Waals surface area (Å²) in [5.41, 5.74) is 0.985. The van der Waals surface area contributed by atoms with E-state index in [1.54, 1.807) is 19.1 Å². The van der Waals surface area contributed by atoms with E-state index in [2.05, 4.69) is 4.90 Å². The molecule has 104 valence electrons. The highest BCUT2D eigenvalue weighted by atomic mass is 32.2. The predicted octanol–water partition coefficient (Wildman–Crippen LogP) is 1.77. The summed E-state index contributed by atoms with van der Waals surface area (Å²) in [6.07, 6.45) is 0.384. The van der Waals surface area contributed by atoms with Gasteiger partial charge in [0.2, 0.25) is 0 Å². The van der Waals surface area contributed by atoms with E-state index in [9.17, 15) is 13.4 Å². The molecule has 0 aliphatic carbocycles. The lowest BCUT2D eigenvalue weighted by Crippen LogP contribution is -2.38. The zero-order valence-corrected chi connectivity index (χ0v) is 11.8. The summed E-state index contributed by atoms with van der Waals surface area (Å²) in [5.74, 6) is 1.01. The van der Waals surface area contributed by atoms with E-state index in [1.807, 2.05) is 0 Å². The number of ketones is 1. The number of aryl methyl sites for hydroxylation is 1. The third kappa shape index (κ3) is 3.94. The van der Waals surface area contributed by atoms with Crippen molar-refractivity contribution in [3.8, 4) is 0 Å². The molecule has 1 heterocycles. The van der Waals surface area contributed by atoms with Crippen LogP contribution in [0.5, 0.6) is 0 Å². The second-order valence-corrected chi connectivity index (χ2v) is 6.52. The van der Waals surface area contributed by atoms with Gasteiger partial charge in [0.15, 0.2) is 5.78 Å². The lowest BCUT2D eigenvalue weighted by atomic mass is 10.1. The third-order valence-electron chi connectivity index (χ3n) is 3.42. The smallest absolute Gasteiger partial charge is 0.164 e. The van der Waals surface area contributed by atoms with Gasteiger partial charge in [-0.05, 0) is 18.6 Å². The molecule has 1 fully saturated rings. The molecule has 0 amide bonds. The van der Waals surface area contributed by atoms with Crippen LogP contribution in [0.4, 0.5) is 4.39 Å². The maximum atomic E-state index is 13.4. The van der Waals surface area contributed by atoms with Gasteiger partial charge < -0.3 is 4.90 Å². The Kier molecular flexibility index (Phi) is 4.82. The summed E-state index contributed by atoms with van der Waals surface area (Å²) >= 11 is 0. The minimum Gasteiger partial charge on any atom is -0.301 e. The van der Waals surface area contributed by atoms with E-state index in [-0.39, 0.29) is 11.6 Å². The summed E-state index contributed by atoms with van der Waals surface area (Å²) in [5, 5.41) is 0. The second kappa shape index (κ2) is 6.39. The molecule has 19 heavy (non-hydrogen) atoms. The van der Waals surface area contributed by atoms with Crippen LogP contribution in [0.25, 0.3) is 0 Å². The van der Waals surface area contributed by atoms with Crippen molar-refractivity contribution in [2.75, 3.05) is 31.1 Å². The van der Waals surface area contributed by atoms with Crippen molar-refractivity contribution < 1.29 is 13.4 Å². The van der Waals surface area contributed by atoms with Crippen molar-refractivity contribution >= 4 is 16.6 Å². The summed E-state index contributed by atoms with van der Waals surface area (Å²) < 4.78 is 24.6. The Balaban J connectivity index is 1.87. The molecule has 0 aromatic heterocycles. The first-order valence-corrected chi connectivity index (χ1v) is 7.92. The molecule has 1 aromatic carbocycles. The van der Waals surface area contributed by atoms with Gasteiger partial charge in [0.05, 0.1) is 0 Å². The van der Waals surface area contributed by atoms with Gasteiger partial charge in [-0.1, -0.05) is 12.1 Å². The highest BCUT2D eigenvalue weighted by Crippen LogP contribution is 2.12. The number of nitrogens with zero attached hydrogens (tertiary/aromatic N) is 1. The first kappa shape index (κ1) is 14.3. The second-order valence-electron chi connectivity index (χ2n) is 4.83. The normalized spacial score (nSPS) is 17.6. The number of hydrogen-bond acceptors (Lipinski definition) is 3. The SMILES string of the molecule is Cc1ccc(C(=O)CCN2CCS(=O)CC2)cc1F. The predicted molar refractivity (Wildman–Crippen MR) is 74.4 cm³/mol. The maximum Gasteiger partial charge on any atom is 0.164 e. The van der Waals surface area contributed by atoms with Crippen LogP contribution in [0.1, 0.15) is 22.3 Å². The van der Waals surface area contributed by atoms with Crippen molar-refractivity contribution in [2.45, 2.75) is 13.3 Å². The molecular weight excluding hydrogens is 265 g/mol. The zero-order valence-electron chi connectivity index (χ0n) is 11.0. The maximum absolute atomic E-state index is 13.4. The van der Waals surface area contributed by atoms with Gasteiger partial charge >= 0.3 is 0 Å². The first-order chi connectivity index (χ1) is 9.06. The molecule has 3 nitrogen and oxygen atoms in total. The lowest BCUT2D eigenvalue weighted by Gasteiger charge is -2.25. The van der Waals surface area contributed by atoms with Gasteiger partial charge in [0.25, 0.3) is 0 Å². The summed E-state index contributed by atoms with van der Waals surface area (Å²) in [4.78, 5) is 14.1. The molecule has 0 bridgehead atoms. The highest BCUT2D eigenvalue weighted by molar-refractivity contribution is 7.85. The topological polar surface area (TPSA) is 37.4 Å². The van der Waals surface area contributed by atoms with Crippen LogP contribution in [-0.4, -0.2) is 46.0 Å². The standard InChI is InChI=1S/C14H18FNO2S/c1-11-2-3-12(10-13(11)15)14(17)4-5-16-6-8-19(18)9-7-16/h2-3,10H,4-9H2,1H3. The van der Waals surface area contributed by atoms with E-state index < -0.39 is 10.8 Å². The summed E-state index contributed by atoms with van der Waals surface area (Å²) in [7, 11) is -0.693. The van der Waals surface area contributed by atoms with E-state index in [4.69, 9.17) is 0 Å². The van der Waals surface area contributed by atoms with Crippen LogP contribution in [-0.2, 0) is 10.8 Å². The molecular formula is C14H18FNO2S. The van der Waals surface area contributed by atoms with Crippen LogP contribution in [0.2, 0.25) is 0 Å². The molecule has 1 saturated heterocycles. The van der Waals surface area contributed by atoms with Crippen molar-refractivity contribution in [3.63, 3.8) is 0 Å². The largest absolute Gasteiger partial charge is 0.301 e. The number of hydrogen-bond donors (Lipinski definition) is 0. The lowest BCUT2D eigenvalue weighted by molar-refractivity contribution is 0.0966. The fourth-order valence-corrected chi connectivity index (χ4v) is 3.20. The van der Waals surface area contributed by atoms with Crippen molar-refractivity contribution in [2.24, 2.45) is 0 Å². The van der Waals surface area contributed by atoms with Gasteiger partial charge in [0, 0.05) is 53.9 Å². The Morgan fingerprint density at radius 1 is 1.37 bits per heavy atom. The molecule has 1 aliphatic heterocycles. The highest BCUT2D eigenvalue weighted by Gasteiger charge is 2.16. The first-order valence-electron chi connectivity index (χ1n) is 6.43. The number of halogens is 1. The molecule has 0 radical (unpaired) electrons. The molecule has 5 heteroatoms. The van der Waals surface area contributed by atoms with Crippen LogP contribution in [0, 0.1) is 12.7 Å². The Morgan fingerprint density at radius 2 is 2.05 bits per heavy atom. The van der Waals surface area contributed by atoms with Crippen molar-refractivity contribution in [1.82, 2.24) is 4.90 Å². The Hall–Kier alpha value is -1.07. The molecule has 0 saturated carbocycles. The molecule has 0 N–H and O–H groups in total. The van der Waals surface area contributed by atoms with Gasteiger partial charge in [-0.2, -0.15) is 0 Å². The van der Waals surface area contributed by atoms with E-state index in [1.165, 1.54) is 6.07 Å². The average molecular weight is 283 g/mol. The van der Waals surface area contributed by atoms with E-state index >= 15 is 0 Å². The Labute approximate surface area is 115 Å². The van der Waals surface area contributed by atoms with Crippen LogP contribution in [0.15, 0.2) is 18.2 Å². The fraction of sp³-hybridized carbons (Fsp3) is 0.500. The molecule has 2 rings (SSSR count). The van der Waals surface area contributed by atoms with Crippen molar-refractivity contribution in [3.05, 3.63) is 35.1 Å². The summed E-state index contributed by atoms with van der Waals surface area (Å²) in [6, 6.07) is 4.61. The van der Waals surface area contributed by atoms with Crippen LogP contribution >= 0.6 is 0 Å². The Morgan fingerprint density at radius 3 is 2.68 bits per heavy atom. The Bertz CT molecular complexity index is 494. The van der Waals surface area contributed by atoms with E-state index in [0.29, 0.717) is 35.6 Å². The number of carbonyl (C=O) groups excluding carboxylic acids is 1. The quantitative estimate of drug-likeness (QED) is 0.790. The molecule has 0 atom stereocenters. The van der Waals surface area contributed by atoms with E-state index in [0.717, 1.165) is 13.1 Å². The van der Waals surface area contributed by atoms with Crippen LogP contribution in [0.3, 0.4) is 0 Å². The number of benzene rings is 1. The fourth-order valence-electron chi connectivity index (χ4n) is 2.07. The van der Waals surface area contributed by atoms with Gasteiger partial charge in [-0.15, -0.1) is 0 Å². The van der Waals surface area contributed by atoms with Crippen molar-refractivity contribution in [1.29, 1.82) is 0 Å². The number of Topliss-reactive ketones (excluding diaryl/α,β-unsaturated/α-hetero) is 1. The van der Waals surface area contributed by atoms with Gasteiger partial charge in [0.1, 0.15) is 5.82 Å². The number of carbonyl (C=O) groups is 1. The summed E-state index contributed by atoms with van der Waals surface area (Å²) in [6.45, 7) is 3.90. The zero-order chi connectivity index (χ0) is 13.8. The van der Waals surface area contributed by atoms with Gasteiger partial charge in [-0.3, -0.25) is 9.00 Å². The molecule has 0 unspecified atom stereocenters. The van der Waals surface area contributed by atoms with Crippen LogP contribution < -0.4 is 0 Å². The molecule has 1 aromatic rings. The number of rotatable bonds is 4. The minimum absolute atomic E-state index is 0.0365. The molecule has 1 aliphatic rings. The van der Waals surface area contributed by atoms with Gasteiger partial charge in [-0.25, -0.2) is 4.39 Å².